The molecule has 0 radical (unpaired) electrons. The van der Waals surface area contributed by atoms with Crippen LogP contribution in [0.2, 0.25) is 5.02 Å². The molecular formula is C26H32ClN7O5S. The minimum atomic E-state index is -3.59. The van der Waals surface area contributed by atoms with E-state index in [1.807, 2.05) is 4.90 Å². The highest BCUT2D eigenvalue weighted by Gasteiger charge is 2.27. The SMILES string of the molecule is CCN1CCN(c2cc(OC)c(Nc3ncc(Cl)c(Nc4ccccc4S(=O)(=O)C(C)C)n3)cc2[N+](=O)[O-])CC1. The van der Waals surface area contributed by atoms with Crippen molar-refractivity contribution in [3.05, 3.63) is 57.7 Å². The van der Waals surface area contributed by atoms with Gasteiger partial charge in [-0.05, 0) is 32.5 Å². The number of para-hydroxylation sites is 1. The Kier molecular flexibility index (Phi) is 8.96. The summed E-state index contributed by atoms with van der Waals surface area (Å²) in [4.78, 5) is 24.6. The van der Waals surface area contributed by atoms with E-state index in [2.05, 4.69) is 32.4 Å². The zero-order chi connectivity index (χ0) is 29.0. The lowest BCUT2D eigenvalue weighted by atomic mass is 10.1. The van der Waals surface area contributed by atoms with Crippen molar-refractivity contribution in [3.63, 3.8) is 0 Å². The molecule has 0 spiro atoms. The molecule has 0 unspecified atom stereocenters. The van der Waals surface area contributed by atoms with Gasteiger partial charge in [0.15, 0.2) is 15.7 Å². The number of hydrogen-bond acceptors (Lipinski definition) is 11. The van der Waals surface area contributed by atoms with Crippen LogP contribution in [0.5, 0.6) is 5.75 Å². The monoisotopic (exact) mass is 589 g/mol. The van der Waals surface area contributed by atoms with Crippen molar-refractivity contribution in [1.82, 2.24) is 14.9 Å². The van der Waals surface area contributed by atoms with Crippen LogP contribution in [0.3, 0.4) is 0 Å². The Morgan fingerprint density at radius 1 is 1.12 bits per heavy atom. The van der Waals surface area contributed by atoms with E-state index in [9.17, 15) is 18.5 Å². The van der Waals surface area contributed by atoms with Crippen LogP contribution in [0.4, 0.5) is 34.5 Å². The molecule has 1 aliphatic heterocycles. The number of hydrogen-bond donors (Lipinski definition) is 2. The van der Waals surface area contributed by atoms with Crippen molar-refractivity contribution in [2.24, 2.45) is 0 Å². The van der Waals surface area contributed by atoms with Crippen LogP contribution >= 0.6 is 11.6 Å². The molecule has 214 valence electrons. The van der Waals surface area contributed by atoms with E-state index in [-0.39, 0.29) is 27.4 Å². The number of likely N-dealkylation sites (N-methyl/N-ethyl adjacent to an activating group) is 1. The number of anilines is 5. The van der Waals surface area contributed by atoms with Crippen LogP contribution in [0.25, 0.3) is 0 Å². The van der Waals surface area contributed by atoms with Gasteiger partial charge >= 0.3 is 0 Å². The first kappa shape index (κ1) is 29.3. The highest BCUT2D eigenvalue weighted by molar-refractivity contribution is 7.92. The van der Waals surface area contributed by atoms with Gasteiger partial charge < -0.3 is 25.2 Å². The number of sulfone groups is 1. The van der Waals surface area contributed by atoms with Crippen LogP contribution in [0.1, 0.15) is 20.8 Å². The molecule has 3 aromatic rings. The van der Waals surface area contributed by atoms with E-state index in [1.54, 1.807) is 38.1 Å². The second-order valence-corrected chi connectivity index (χ2v) is 12.3. The van der Waals surface area contributed by atoms with Crippen molar-refractivity contribution in [3.8, 4) is 5.75 Å². The van der Waals surface area contributed by atoms with Crippen molar-refractivity contribution >= 4 is 56.0 Å². The van der Waals surface area contributed by atoms with Gasteiger partial charge in [-0.1, -0.05) is 30.7 Å². The Balaban J connectivity index is 1.66. The average Bonchev–Trinajstić information content (AvgIpc) is 2.94. The summed E-state index contributed by atoms with van der Waals surface area (Å²) < 4.78 is 31.3. The first-order chi connectivity index (χ1) is 19.0. The molecule has 4 rings (SSSR count). The van der Waals surface area contributed by atoms with Crippen molar-refractivity contribution in [2.45, 2.75) is 30.9 Å². The van der Waals surface area contributed by atoms with Gasteiger partial charge in [0.2, 0.25) is 5.95 Å². The van der Waals surface area contributed by atoms with Gasteiger partial charge in [0.1, 0.15) is 16.5 Å². The van der Waals surface area contributed by atoms with Gasteiger partial charge in [-0.2, -0.15) is 4.98 Å². The number of nitrogens with zero attached hydrogens (tertiary/aromatic N) is 5. The molecule has 2 N–H and O–H groups in total. The molecule has 1 aliphatic rings. The van der Waals surface area contributed by atoms with Crippen LogP contribution in [0.15, 0.2) is 47.5 Å². The second-order valence-electron chi connectivity index (χ2n) is 9.45. The fraction of sp³-hybridized carbons (Fsp3) is 0.385. The molecule has 2 aromatic carbocycles. The molecule has 0 aliphatic carbocycles. The quantitative estimate of drug-likeness (QED) is 0.247. The lowest BCUT2D eigenvalue weighted by molar-refractivity contribution is -0.384. The van der Waals surface area contributed by atoms with E-state index >= 15 is 0 Å². The van der Waals surface area contributed by atoms with Gasteiger partial charge in [-0.25, -0.2) is 13.4 Å². The predicted molar refractivity (Wildman–Crippen MR) is 156 cm³/mol. The lowest BCUT2D eigenvalue weighted by Crippen LogP contribution is -2.46. The Hall–Kier alpha value is -3.68. The molecule has 1 fully saturated rings. The topological polar surface area (TPSA) is 143 Å². The zero-order valence-electron chi connectivity index (χ0n) is 22.7. The summed E-state index contributed by atoms with van der Waals surface area (Å²) in [5.41, 5.74) is 1.00. The molecule has 0 saturated carbocycles. The molecule has 40 heavy (non-hydrogen) atoms. The van der Waals surface area contributed by atoms with Crippen molar-refractivity contribution in [2.75, 3.05) is 55.4 Å². The van der Waals surface area contributed by atoms with Crippen LogP contribution < -0.4 is 20.3 Å². The number of ether oxygens (including phenoxy) is 1. The molecule has 0 amide bonds. The second kappa shape index (κ2) is 12.2. The first-order valence-corrected chi connectivity index (χ1v) is 14.7. The summed E-state index contributed by atoms with van der Waals surface area (Å²) in [6, 6.07) is 9.51. The summed E-state index contributed by atoms with van der Waals surface area (Å²) in [7, 11) is -2.11. The molecule has 0 atom stereocenters. The van der Waals surface area contributed by atoms with E-state index < -0.39 is 20.0 Å². The fourth-order valence-electron chi connectivity index (χ4n) is 4.36. The van der Waals surface area contributed by atoms with Crippen LogP contribution in [-0.2, 0) is 9.84 Å². The summed E-state index contributed by atoms with van der Waals surface area (Å²) in [5, 5.41) is 17.5. The van der Waals surface area contributed by atoms with Gasteiger partial charge in [0.05, 0.1) is 39.8 Å². The van der Waals surface area contributed by atoms with Gasteiger partial charge in [0.25, 0.3) is 5.69 Å². The smallest absolute Gasteiger partial charge is 0.294 e. The van der Waals surface area contributed by atoms with Crippen molar-refractivity contribution < 1.29 is 18.1 Å². The van der Waals surface area contributed by atoms with Gasteiger partial charge in [-0.3, -0.25) is 10.1 Å². The third-order valence-corrected chi connectivity index (χ3v) is 9.20. The molecule has 1 saturated heterocycles. The van der Waals surface area contributed by atoms with E-state index in [1.165, 1.54) is 25.4 Å². The maximum Gasteiger partial charge on any atom is 0.294 e. The molecule has 2 heterocycles. The van der Waals surface area contributed by atoms with E-state index in [0.29, 0.717) is 35.9 Å². The number of rotatable bonds is 10. The highest BCUT2D eigenvalue weighted by Crippen LogP contribution is 2.40. The molecule has 14 heteroatoms. The number of nitrogens with one attached hydrogen (secondary N) is 2. The van der Waals surface area contributed by atoms with Crippen molar-refractivity contribution in [1.29, 1.82) is 0 Å². The third kappa shape index (κ3) is 6.21. The average molecular weight is 590 g/mol. The Bertz CT molecular complexity index is 1490. The number of nitro benzene ring substituents is 1. The standard InChI is InChI=1S/C26H32ClN7O5S/c1-5-32-10-12-33(13-11-32)21-15-23(39-4)20(14-22(21)34(35)36)30-26-28-16-18(27)25(31-26)29-19-8-6-7-9-24(19)40(37,38)17(2)3/h6-9,14-17H,5,10-13H2,1-4H3,(H2,28,29,30,31). The minimum absolute atomic E-state index is 0.0756. The Morgan fingerprint density at radius 2 is 1.82 bits per heavy atom. The largest absolute Gasteiger partial charge is 0.494 e. The molecule has 12 nitrogen and oxygen atoms in total. The maximum atomic E-state index is 12.9. The lowest BCUT2D eigenvalue weighted by Gasteiger charge is -2.35. The Labute approximate surface area is 238 Å². The van der Waals surface area contributed by atoms with Gasteiger partial charge in [-0.15, -0.1) is 0 Å². The number of halogens is 1. The number of methoxy groups -OCH3 is 1. The third-order valence-electron chi connectivity index (χ3n) is 6.71. The maximum absolute atomic E-state index is 12.9. The predicted octanol–water partition coefficient (Wildman–Crippen LogP) is 4.86. The first-order valence-electron chi connectivity index (χ1n) is 12.8. The van der Waals surface area contributed by atoms with Crippen LogP contribution in [-0.4, -0.2) is 73.3 Å². The highest BCUT2D eigenvalue weighted by atomic mass is 35.5. The van der Waals surface area contributed by atoms with E-state index in [0.717, 1.165) is 19.6 Å². The summed E-state index contributed by atoms with van der Waals surface area (Å²) in [6.45, 7) is 9.18. The number of nitro groups is 1. The number of benzene rings is 2. The summed E-state index contributed by atoms with van der Waals surface area (Å²) >= 11 is 6.34. The molecular weight excluding hydrogens is 558 g/mol. The summed E-state index contributed by atoms with van der Waals surface area (Å²) in [5.74, 6) is 0.609. The zero-order valence-corrected chi connectivity index (χ0v) is 24.3. The normalized spacial score (nSPS) is 14.3. The van der Waals surface area contributed by atoms with Crippen LogP contribution in [0, 0.1) is 10.1 Å². The summed E-state index contributed by atoms with van der Waals surface area (Å²) in [6.07, 6.45) is 1.35. The fourth-order valence-corrected chi connectivity index (χ4v) is 5.70. The number of aromatic nitrogens is 2. The molecule has 1 aromatic heterocycles. The van der Waals surface area contributed by atoms with Gasteiger partial charge in [0, 0.05) is 38.3 Å². The molecule has 0 bridgehead atoms. The minimum Gasteiger partial charge on any atom is -0.494 e. The Morgan fingerprint density at radius 3 is 2.45 bits per heavy atom. The van der Waals surface area contributed by atoms with E-state index in [4.69, 9.17) is 16.3 Å². The number of piperazine rings is 1.